The van der Waals surface area contributed by atoms with Gasteiger partial charge in [-0.15, -0.1) is 0 Å². The maximum Gasteiger partial charge on any atom is 0.253 e. The van der Waals surface area contributed by atoms with Crippen molar-refractivity contribution in [2.75, 3.05) is 26.8 Å². The van der Waals surface area contributed by atoms with E-state index in [0.717, 1.165) is 22.8 Å². The third-order valence-corrected chi connectivity index (χ3v) is 4.38. The zero-order valence-corrected chi connectivity index (χ0v) is 15.2. The first-order valence-electron chi connectivity index (χ1n) is 8.59. The van der Waals surface area contributed by atoms with Gasteiger partial charge in [-0.1, -0.05) is 0 Å². The molecule has 0 aliphatic carbocycles. The molecule has 0 spiro atoms. The quantitative estimate of drug-likeness (QED) is 0.854. The highest BCUT2D eigenvalue weighted by Crippen LogP contribution is 2.33. The molecule has 1 aromatic carbocycles. The van der Waals surface area contributed by atoms with Crippen LogP contribution < -0.4 is 20.1 Å². The van der Waals surface area contributed by atoms with E-state index in [4.69, 9.17) is 9.47 Å². The predicted octanol–water partition coefficient (Wildman–Crippen LogP) is 1.73. The van der Waals surface area contributed by atoms with Crippen LogP contribution in [0.25, 0.3) is 5.69 Å². The van der Waals surface area contributed by atoms with Gasteiger partial charge in [-0.05, 0) is 32.0 Å². The second-order valence-electron chi connectivity index (χ2n) is 6.13. The number of nitrogens with zero attached hydrogens (tertiary/aromatic N) is 1. The molecule has 1 aliphatic heterocycles. The first kappa shape index (κ1) is 17.8. The maximum atomic E-state index is 12.5. The zero-order chi connectivity index (χ0) is 18.7. The number of hydrogen-bond donors (Lipinski definition) is 2. The number of hydrogen-bond acceptors (Lipinski definition) is 4. The monoisotopic (exact) mass is 357 g/mol. The number of fused-ring (bicyclic) bond motifs is 1. The zero-order valence-electron chi connectivity index (χ0n) is 15.2. The molecule has 2 heterocycles. The Morgan fingerprint density at radius 3 is 2.58 bits per heavy atom. The van der Waals surface area contributed by atoms with Crippen molar-refractivity contribution in [3.05, 3.63) is 41.2 Å². The molecule has 138 valence electrons. The lowest BCUT2D eigenvalue weighted by Gasteiger charge is -2.20. The third-order valence-electron chi connectivity index (χ3n) is 4.38. The molecule has 2 N–H and O–H groups in total. The number of nitrogens with one attached hydrogen (secondary N) is 2. The molecule has 0 saturated carbocycles. The van der Waals surface area contributed by atoms with E-state index in [1.807, 2.05) is 42.7 Å². The molecule has 0 bridgehead atoms. The summed E-state index contributed by atoms with van der Waals surface area (Å²) in [5.41, 5.74) is 3.27. The molecule has 1 aliphatic rings. The Labute approximate surface area is 152 Å². The summed E-state index contributed by atoms with van der Waals surface area (Å²) in [5, 5.41) is 5.32. The van der Waals surface area contributed by atoms with Crippen LogP contribution in [0.1, 0.15) is 28.2 Å². The van der Waals surface area contributed by atoms with Crippen molar-refractivity contribution in [2.45, 2.75) is 20.3 Å². The van der Waals surface area contributed by atoms with Crippen LogP contribution in [0.3, 0.4) is 0 Å². The first-order valence-corrected chi connectivity index (χ1v) is 8.59. The van der Waals surface area contributed by atoms with E-state index in [1.165, 1.54) is 0 Å². The third kappa shape index (κ3) is 3.51. The largest absolute Gasteiger partial charge is 0.486 e. The summed E-state index contributed by atoms with van der Waals surface area (Å²) in [6.07, 6.45) is 0.253. The Hall–Kier alpha value is -2.96. The molecule has 26 heavy (non-hydrogen) atoms. The summed E-state index contributed by atoms with van der Waals surface area (Å²) in [5.74, 6) is 1.14. The van der Waals surface area contributed by atoms with E-state index in [0.29, 0.717) is 31.1 Å². The number of benzene rings is 1. The minimum atomic E-state index is -0.189. The molecule has 0 radical (unpaired) electrons. The summed E-state index contributed by atoms with van der Waals surface area (Å²) in [7, 11) is 1.57. The van der Waals surface area contributed by atoms with Crippen molar-refractivity contribution in [1.29, 1.82) is 0 Å². The van der Waals surface area contributed by atoms with Gasteiger partial charge in [-0.2, -0.15) is 0 Å². The molecular weight excluding hydrogens is 334 g/mol. The number of ether oxygens (including phenoxy) is 2. The normalized spacial score (nSPS) is 12.6. The van der Waals surface area contributed by atoms with Gasteiger partial charge in [0, 0.05) is 43.2 Å². The van der Waals surface area contributed by atoms with Crippen LogP contribution in [-0.2, 0) is 4.79 Å². The standard InChI is InChI=1S/C19H23N3O4/c1-12-10-15(19(24)21-7-6-18(23)20-3)13(2)22(12)14-4-5-16-17(11-14)26-9-8-25-16/h4-5,10-11H,6-9H2,1-3H3,(H,20,23)(H,21,24). The summed E-state index contributed by atoms with van der Waals surface area (Å²) in [6, 6.07) is 7.59. The van der Waals surface area contributed by atoms with E-state index in [2.05, 4.69) is 10.6 Å². The Kier molecular flexibility index (Phi) is 5.16. The number of carbonyl (C=O) groups excluding carboxylic acids is 2. The van der Waals surface area contributed by atoms with E-state index in [9.17, 15) is 9.59 Å². The van der Waals surface area contributed by atoms with Crippen LogP contribution in [-0.4, -0.2) is 43.2 Å². The Balaban J connectivity index is 1.82. The lowest BCUT2D eigenvalue weighted by molar-refractivity contribution is -0.120. The van der Waals surface area contributed by atoms with Crippen molar-refractivity contribution in [1.82, 2.24) is 15.2 Å². The van der Waals surface area contributed by atoms with E-state index < -0.39 is 0 Å². The van der Waals surface area contributed by atoms with Gasteiger partial charge in [0.25, 0.3) is 5.91 Å². The molecule has 1 aromatic heterocycles. The Morgan fingerprint density at radius 1 is 1.12 bits per heavy atom. The fraction of sp³-hybridized carbons (Fsp3) is 0.368. The van der Waals surface area contributed by atoms with Crippen molar-refractivity contribution in [3.63, 3.8) is 0 Å². The molecular formula is C19H23N3O4. The highest BCUT2D eigenvalue weighted by Gasteiger charge is 2.19. The van der Waals surface area contributed by atoms with Gasteiger partial charge in [-0.3, -0.25) is 9.59 Å². The SMILES string of the molecule is CNC(=O)CCNC(=O)c1cc(C)n(-c2ccc3c(c2)OCCO3)c1C. The highest BCUT2D eigenvalue weighted by molar-refractivity contribution is 5.96. The number of aryl methyl sites for hydroxylation is 1. The number of carbonyl (C=O) groups is 2. The summed E-state index contributed by atoms with van der Waals surface area (Å²) in [6.45, 7) is 5.22. The van der Waals surface area contributed by atoms with Gasteiger partial charge in [0.15, 0.2) is 11.5 Å². The fourth-order valence-electron chi connectivity index (χ4n) is 3.07. The Morgan fingerprint density at radius 2 is 1.85 bits per heavy atom. The molecule has 0 unspecified atom stereocenters. The van der Waals surface area contributed by atoms with Gasteiger partial charge in [0.05, 0.1) is 5.56 Å². The molecule has 2 amide bonds. The molecule has 0 fully saturated rings. The summed E-state index contributed by atoms with van der Waals surface area (Å²) < 4.78 is 13.2. The van der Waals surface area contributed by atoms with Gasteiger partial charge in [-0.25, -0.2) is 0 Å². The maximum absolute atomic E-state index is 12.5. The van der Waals surface area contributed by atoms with E-state index in [1.54, 1.807) is 7.05 Å². The van der Waals surface area contributed by atoms with Crippen molar-refractivity contribution in [2.24, 2.45) is 0 Å². The van der Waals surface area contributed by atoms with Crippen LogP contribution in [0.2, 0.25) is 0 Å². The van der Waals surface area contributed by atoms with Gasteiger partial charge < -0.3 is 24.7 Å². The average molecular weight is 357 g/mol. The van der Waals surface area contributed by atoms with E-state index in [-0.39, 0.29) is 18.2 Å². The topological polar surface area (TPSA) is 81.6 Å². The van der Waals surface area contributed by atoms with Gasteiger partial charge in [0.2, 0.25) is 5.91 Å². The van der Waals surface area contributed by atoms with Crippen LogP contribution in [0.15, 0.2) is 24.3 Å². The molecule has 2 aromatic rings. The molecule has 0 atom stereocenters. The van der Waals surface area contributed by atoms with Crippen molar-refractivity contribution in [3.8, 4) is 17.2 Å². The minimum Gasteiger partial charge on any atom is -0.486 e. The molecule has 7 heteroatoms. The number of rotatable bonds is 5. The average Bonchev–Trinajstić information content (AvgIpc) is 2.95. The second-order valence-corrected chi connectivity index (χ2v) is 6.13. The minimum absolute atomic E-state index is 0.105. The summed E-state index contributed by atoms with van der Waals surface area (Å²) in [4.78, 5) is 23.7. The summed E-state index contributed by atoms with van der Waals surface area (Å²) >= 11 is 0. The lowest BCUT2D eigenvalue weighted by atomic mass is 10.2. The predicted molar refractivity (Wildman–Crippen MR) is 97.2 cm³/mol. The van der Waals surface area contributed by atoms with Gasteiger partial charge >= 0.3 is 0 Å². The fourth-order valence-corrected chi connectivity index (χ4v) is 3.07. The number of aromatic nitrogens is 1. The first-order chi connectivity index (χ1) is 12.5. The van der Waals surface area contributed by atoms with Crippen LogP contribution in [0.4, 0.5) is 0 Å². The van der Waals surface area contributed by atoms with Crippen LogP contribution in [0.5, 0.6) is 11.5 Å². The van der Waals surface area contributed by atoms with Crippen molar-refractivity contribution < 1.29 is 19.1 Å². The molecule has 7 nitrogen and oxygen atoms in total. The number of amides is 2. The van der Waals surface area contributed by atoms with E-state index >= 15 is 0 Å². The van der Waals surface area contributed by atoms with Crippen LogP contribution >= 0.6 is 0 Å². The lowest BCUT2D eigenvalue weighted by Crippen LogP contribution is -2.29. The van der Waals surface area contributed by atoms with Crippen LogP contribution in [0, 0.1) is 13.8 Å². The Bertz CT molecular complexity index is 842. The second kappa shape index (κ2) is 7.51. The van der Waals surface area contributed by atoms with Crippen molar-refractivity contribution >= 4 is 11.8 Å². The molecule has 3 rings (SSSR count). The highest BCUT2D eigenvalue weighted by atomic mass is 16.6. The van der Waals surface area contributed by atoms with Gasteiger partial charge in [0.1, 0.15) is 13.2 Å². The molecule has 0 saturated heterocycles. The smallest absolute Gasteiger partial charge is 0.253 e.